The molecule has 0 atom stereocenters. The molecule has 2 heterocycles. The van der Waals surface area contributed by atoms with Crippen LogP contribution in [0.2, 0.25) is 0 Å². The van der Waals surface area contributed by atoms with Crippen LogP contribution in [0, 0.1) is 0 Å². The van der Waals surface area contributed by atoms with Gasteiger partial charge in [-0.15, -0.1) is 0 Å². The summed E-state index contributed by atoms with van der Waals surface area (Å²) in [7, 11) is -1.40. The van der Waals surface area contributed by atoms with Crippen molar-refractivity contribution in [2.45, 2.75) is 19.5 Å². The van der Waals surface area contributed by atoms with E-state index in [0.717, 1.165) is 16.7 Å². The van der Waals surface area contributed by atoms with Crippen LogP contribution >= 0.6 is 0 Å². The molecule has 0 aliphatic carbocycles. The zero-order valence-electron chi connectivity index (χ0n) is 13.2. The molecule has 1 aliphatic heterocycles. The number of aromatic nitrogens is 2. The van der Waals surface area contributed by atoms with Gasteiger partial charge in [-0.2, -0.15) is 9.40 Å². The molecule has 1 aliphatic rings. The SMILES string of the molecule is COCCn1cc(-c2cccc(CN3CCCS3(=O)=O)c2)cn1. The first-order chi connectivity index (χ1) is 11.1. The van der Waals surface area contributed by atoms with Crippen molar-refractivity contribution in [2.24, 2.45) is 0 Å². The molecule has 0 saturated carbocycles. The smallest absolute Gasteiger partial charge is 0.214 e. The second-order valence-electron chi connectivity index (χ2n) is 5.69. The summed E-state index contributed by atoms with van der Waals surface area (Å²) in [5.41, 5.74) is 3.06. The van der Waals surface area contributed by atoms with Gasteiger partial charge in [0, 0.05) is 32.0 Å². The minimum absolute atomic E-state index is 0.263. The van der Waals surface area contributed by atoms with Crippen molar-refractivity contribution in [1.29, 1.82) is 0 Å². The zero-order valence-corrected chi connectivity index (χ0v) is 14.0. The summed E-state index contributed by atoms with van der Waals surface area (Å²) < 4.78 is 32.3. The lowest BCUT2D eigenvalue weighted by atomic mass is 10.1. The van der Waals surface area contributed by atoms with Crippen molar-refractivity contribution in [1.82, 2.24) is 14.1 Å². The molecule has 3 rings (SSSR count). The maximum atomic E-state index is 11.9. The minimum Gasteiger partial charge on any atom is -0.383 e. The summed E-state index contributed by atoms with van der Waals surface area (Å²) in [6.45, 7) is 2.38. The van der Waals surface area contributed by atoms with Gasteiger partial charge >= 0.3 is 0 Å². The lowest BCUT2D eigenvalue weighted by Crippen LogP contribution is -2.25. The number of hydrogen-bond donors (Lipinski definition) is 0. The fourth-order valence-electron chi connectivity index (χ4n) is 2.74. The van der Waals surface area contributed by atoms with E-state index in [-0.39, 0.29) is 5.75 Å². The molecular formula is C16H21N3O3S. The van der Waals surface area contributed by atoms with Crippen molar-refractivity contribution in [3.8, 4) is 11.1 Å². The Bertz CT molecular complexity index is 770. The average Bonchev–Trinajstić information content (AvgIpc) is 3.13. The number of benzene rings is 1. The fraction of sp³-hybridized carbons (Fsp3) is 0.438. The van der Waals surface area contributed by atoms with Crippen LogP contribution in [0.4, 0.5) is 0 Å². The first-order valence-electron chi connectivity index (χ1n) is 7.67. The van der Waals surface area contributed by atoms with Gasteiger partial charge in [-0.3, -0.25) is 4.68 Å². The van der Waals surface area contributed by atoms with Gasteiger partial charge < -0.3 is 4.74 Å². The Morgan fingerprint density at radius 3 is 2.91 bits per heavy atom. The van der Waals surface area contributed by atoms with Gasteiger partial charge in [-0.05, 0) is 23.6 Å². The molecule has 0 N–H and O–H groups in total. The molecule has 0 amide bonds. The molecule has 0 unspecified atom stereocenters. The van der Waals surface area contributed by atoms with Crippen LogP contribution in [-0.4, -0.2) is 48.5 Å². The van der Waals surface area contributed by atoms with Crippen LogP contribution < -0.4 is 0 Å². The number of hydrogen-bond acceptors (Lipinski definition) is 4. The fourth-order valence-corrected chi connectivity index (χ4v) is 4.25. The first-order valence-corrected chi connectivity index (χ1v) is 9.28. The summed E-state index contributed by atoms with van der Waals surface area (Å²) in [4.78, 5) is 0. The van der Waals surface area contributed by atoms with E-state index in [4.69, 9.17) is 4.74 Å². The van der Waals surface area contributed by atoms with Crippen LogP contribution in [0.5, 0.6) is 0 Å². The molecule has 0 spiro atoms. The third-order valence-corrected chi connectivity index (χ3v) is 5.88. The summed E-state index contributed by atoms with van der Waals surface area (Å²) >= 11 is 0. The molecule has 1 aromatic heterocycles. The normalized spacial score (nSPS) is 17.6. The summed E-state index contributed by atoms with van der Waals surface area (Å²) in [6, 6.07) is 7.97. The lowest BCUT2D eigenvalue weighted by Gasteiger charge is -2.14. The Morgan fingerprint density at radius 1 is 1.30 bits per heavy atom. The number of rotatable bonds is 6. The van der Waals surface area contributed by atoms with Crippen molar-refractivity contribution in [3.05, 3.63) is 42.2 Å². The van der Waals surface area contributed by atoms with E-state index in [1.54, 1.807) is 11.4 Å². The van der Waals surface area contributed by atoms with Gasteiger partial charge in [0.25, 0.3) is 0 Å². The maximum absolute atomic E-state index is 11.9. The Balaban J connectivity index is 1.76. The molecule has 1 saturated heterocycles. The highest BCUT2D eigenvalue weighted by Crippen LogP contribution is 2.23. The summed E-state index contributed by atoms with van der Waals surface area (Å²) in [6.07, 6.45) is 4.51. The quantitative estimate of drug-likeness (QED) is 0.806. The molecule has 2 aromatic rings. The van der Waals surface area contributed by atoms with Crippen molar-refractivity contribution >= 4 is 10.0 Å². The van der Waals surface area contributed by atoms with Gasteiger partial charge in [0.2, 0.25) is 10.0 Å². The second-order valence-corrected chi connectivity index (χ2v) is 7.78. The van der Waals surface area contributed by atoms with E-state index >= 15 is 0 Å². The monoisotopic (exact) mass is 335 g/mol. The maximum Gasteiger partial charge on any atom is 0.214 e. The first kappa shape index (κ1) is 16.2. The zero-order chi connectivity index (χ0) is 16.3. The summed E-state index contributed by atoms with van der Waals surface area (Å²) in [5.74, 6) is 0.263. The van der Waals surface area contributed by atoms with Gasteiger partial charge in [0.1, 0.15) is 0 Å². The van der Waals surface area contributed by atoms with Crippen molar-refractivity contribution < 1.29 is 13.2 Å². The molecule has 0 radical (unpaired) electrons. The standard InChI is InChI=1S/C16H21N3O3S/c1-22-8-7-18-13-16(11-17-18)15-5-2-4-14(10-15)12-19-6-3-9-23(19,20)21/h2,4-5,10-11,13H,3,6-9,12H2,1H3. The number of ether oxygens (including phenoxy) is 1. The van der Waals surface area contributed by atoms with E-state index in [1.165, 1.54) is 0 Å². The van der Waals surface area contributed by atoms with Crippen LogP contribution in [-0.2, 0) is 27.8 Å². The Kier molecular flexibility index (Phi) is 4.79. The van der Waals surface area contributed by atoms with Crippen LogP contribution in [0.3, 0.4) is 0 Å². The van der Waals surface area contributed by atoms with Gasteiger partial charge in [-0.1, -0.05) is 18.2 Å². The molecule has 6 nitrogen and oxygen atoms in total. The van der Waals surface area contributed by atoms with Crippen LogP contribution in [0.15, 0.2) is 36.7 Å². The highest BCUT2D eigenvalue weighted by Gasteiger charge is 2.27. The Hall–Kier alpha value is -1.70. The van der Waals surface area contributed by atoms with Crippen molar-refractivity contribution in [2.75, 3.05) is 26.0 Å². The number of sulfonamides is 1. The van der Waals surface area contributed by atoms with E-state index in [1.807, 2.05) is 41.3 Å². The number of methoxy groups -OCH3 is 1. The second kappa shape index (κ2) is 6.82. The largest absolute Gasteiger partial charge is 0.383 e. The third-order valence-electron chi connectivity index (χ3n) is 3.98. The molecule has 1 aromatic carbocycles. The summed E-state index contributed by atoms with van der Waals surface area (Å²) in [5, 5.41) is 4.32. The van der Waals surface area contributed by atoms with E-state index in [0.29, 0.717) is 32.7 Å². The highest BCUT2D eigenvalue weighted by atomic mass is 32.2. The van der Waals surface area contributed by atoms with E-state index in [9.17, 15) is 8.42 Å². The third kappa shape index (κ3) is 3.80. The van der Waals surface area contributed by atoms with Crippen molar-refractivity contribution in [3.63, 3.8) is 0 Å². The van der Waals surface area contributed by atoms with Crippen LogP contribution in [0.1, 0.15) is 12.0 Å². The van der Waals surface area contributed by atoms with E-state index < -0.39 is 10.0 Å². The average molecular weight is 335 g/mol. The number of nitrogens with zero attached hydrogens (tertiary/aromatic N) is 3. The predicted molar refractivity (Wildman–Crippen MR) is 88.4 cm³/mol. The predicted octanol–water partition coefficient (Wildman–Crippen LogP) is 1.73. The molecule has 124 valence electrons. The molecule has 0 bridgehead atoms. The van der Waals surface area contributed by atoms with Gasteiger partial charge in [0.05, 0.1) is 25.1 Å². The highest BCUT2D eigenvalue weighted by molar-refractivity contribution is 7.89. The molecule has 23 heavy (non-hydrogen) atoms. The molecule has 7 heteroatoms. The Labute approximate surface area is 136 Å². The topological polar surface area (TPSA) is 64.4 Å². The Morgan fingerprint density at radius 2 is 2.17 bits per heavy atom. The van der Waals surface area contributed by atoms with Crippen LogP contribution in [0.25, 0.3) is 11.1 Å². The molecular weight excluding hydrogens is 314 g/mol. The minimum atomic E-state index is -3.07. The van der Waals surface area contributed by atoms with Gasteiger partial charge in [-0.25, -0.2) is 8.42 Å². The van der Waals surface area contributed by atoms with E-state index in [2.05, 4.69) is 5.10 Å². The lowest BCUT2D eigenvalue weighted by molar-refractivity contribution is 0.183. The van der Waals surface area contributed by atoms with Gasteiger partial charge in [0.15, 0.2) is 0 Å². The molecule has 1 fully saturated rings.